The van der Waals surface area contributed by atoms with E-state index in [1.165, 1.54) is 11.3 Å². The number of aryl methyl sites for hydroxylation is 3. The lowest BCUT2D eigenvalue weighted by molar-refractivity contribution is -0.143. The summed E-state index contributed by atoms with van der Waals surface area (Å²) in [5.41, 5.74) is 4.88. The smallest absolute Gasteiger partial charge is 0.326 e. The van der Waals surface area contributed by atoms with Gasteiger partial charge in [-0.15, -0.1) is 0 Å². The summed E-state index contributed by atoms with van der Waals surface area (Å²) in [4.78, 5) is 29.9. The summed E-state index contributed by atoms with van der Waals surface area (Å²) in [5.74, 6) is 0.00871. The normalized spacial score (nSPS) is 11.7. The van der Waals surface area contributed by atoms with Gasteiger partial charge < -0.3 is 14.0 Å². The first-order chi connectivity index (χ1) is 14.3. The number of carbonyl (C=O) groups excluding carboxylic acids is 2. The molecule has 30 heavy (non-hydrogen) atoms. The zero-order chi connectivity index (χ0) is 21.8. The van der Waals surface area contributed by atoms with E-state index in [1.807, 2.05) is 45.0 Å². The van der Waals surface area contributed by atoms with E-state index in [0.717, 1.165) is 32.5 Å². The predicted molar refractivity (Wildman–Crippen MR) is 118 cm³/mol. The first kappa shape index (κ1) is 21.8. The van der Waals surface area contributed by atoms with Crippen LogP contribution in [0.15, 0.2) is 35.3 Å². The SMILES string of the molecule is CCOC(=O)Cn1c(=NC(=O)Cc2cc(C)ccc2OC)sc2c(C)cc(C)cc21. The van der Waals surface area contributed by atoms with Crippen molar-refractivity contribution < 1.29 is 19.1 Å². The average Bonchev–Trinajstić information content (AvgIpc) is 2.99. The fourth-order valence-corrected chi connectivity index (χ4v) is 4.54. The molecule has 7 heteroatoms. The van der Waals surface area contributed by atoms with Gasteiger partial charge in [0.2, 0.25) is 0 Å². The Balaban J connectivity index is 2.06. The van der Waals surface area contributed by atoms with Crippen LogP contribution in [0.25, 0.3) is 10.2 Å². The minimum Gasteiger partial charge on any atom is -0.496 e. The van der Waals surface area contributed by atoms with Crippen LogP contribution in [0, 0.1) is 20.8 Å². The number of fused-ring (bicyclic) bond motifs is 1. The maximum absolute atomic E-state index is 12.8. The lowest BCUT2D eigenvalue weighted by Gasteiger charge is -2.08. The van der Waals surface area contributed by atoms with Crippen LogP contribution in [0.4, 0.5) is 0 Å². The number of ether oxygens (including phenoxy) is 2. The van der Waals surface area contributed by atoms with Gasteiger partial charge in [-0.05, 0) is 51.0 Å². The molecule has 1 amide bonds. The highest BCUT2D eigenvalue weighted by atomic mass is 32.1. The third kappa shape index (κ3) is 4.79. The van der Waals surface area contributed by atoms with Gasteiger partial charge in [-0.25, -0.2) is 0 Å². The fraction of sp³-hybridized carbons (Fsp3) is 0.348. The third-order valence-electron chi connectivity index (χ3n) is 4.70. The number of nitrogens with zero attached hydrogens (tertiary/aromatic N) is 2. The van der Waals surface area contributed by atoms with Crippen LogP contribution in [-0.4, -0.2) is 30.2 Å². The lowest BCUT2D eigenvalue weighted by atomic mass is 10.1. The number of thiazole rings is 1. The molecule has 0 bridgehead atoms. The van der Waals surface area contributed by atoms with E-state index < -0.39 is 0 Å². The van der Waals surface area contributed by atoms with Crippen molar-refractivity contribution in [2.75, 3.05) is 13.7 Å². The van der Waals surface area contributed by atoms with Gasteiger partial charge in [-0.1, -0.05) is 35.1 Å². The van der Waals surface area contributed by atoms with Gasteiger partial charge in [0, 0.05) is 5.56 Å². The zero-order valence-corrected chi connectivity index (χ0v) is 18.8. The third-order valence-corrected chi connectivity index (χ3v) is 5.93. The van der Waals surface area contributed by atoms with Crippen molar-refractivity contribution in [1.82, 2.24) is 4.57 Å². The summed E-state index contributed by atoms with van der Waals surface area (Å²) in [6.45, 7) is 8.07. The summed E-state index contributed by atoms with van der Waals surface area (Å²) in [6, 6.07) is 9.80. The number of aromatic nitrogens is 1. The van der Waals surface area contributed by atoms with Crippen LogP contribution >= 0.6 is 11.3 Å². The number of methoxy groups -OCH3 is 1. The molecule has 6 nitrogen and oxygen atoms in total. The molecule has 3 aromatic rings. The second kappa shape index (κ2) is 9.26. The van der Waals surface area contributed by atoms with E-state index in [0.29, 0.717) is 17.2 Å². The molecule has 158 valence electrons. The molecule has 3 rings (SSSR count). The Morgan fingerprint density at radius 3 is 2.57 bits per heavy atom. The quantitative estimate of drug-likeness (QED) is 0.561. The molecule has 0 N–H and O–H groups in total. The molecule has 0 atom stereocenters. The molecular formula is C23H26N2O4S. The Bertz CT molecular complexity index is 1170. The molecule has 0 saturated heterocycles. The second-order valence-corrected chi connectivity index (χ2v) is 8.18. The lowest BCUT2D eigenvalue weighted by Crippen LogP contribution is -2.23. The van der Waals surface area contributed by atoms with Crippen molar-refractivity contribution in [2.24, 2.45) is 4.99 Å². The molecule has 0 spiro atoms. The number of esters is 1. The molecule has 1 aromatic heterocycles. The van der Waals surface area contributed by atoms with Crippen LogP contribution in [0.3, 0.4) is 0 Å². The Kier molecular flexibility index (Phi) is 6.72. The molecule has 0 unspecified atom stereocenters. The number of benzene rings is 2. The van der Waals surface area contributed by atoms with Gasteiger partial charge in [0.05, 0.1) is 30.4 Å². The highest BCUT2D eigenvalue weighted by Gasteiger charge is 2.15. The predicted octanol–water partition coefficient (Wildman–Crippen LogP) is 3.87. The topological polar surface area (TPSA) is 69.9 Å². The van der Waals surface area contributed by atoms with Crippen LogP contribution in [-0.2, 0) is 27.3 Å². The van der Waals surface area contributed by atoms with Crippen molar-refractivity contribution in [3.8, 4) is 5.75 Å². The van der Waals surface area contributed by atoms with Gasteiger partial charge in [-0.3, -0.25) is 9.59 Å². The summed E-state index contributed by atoms with van der Waals surface area (Å²) in [5, 5.41) is 0. The highest BCUT2D eigenvalue weighted by Crippen LogP contribution is 2.24. The van der Waals surface area contributed by atoms with Crippen LogP contribution in [0.1, 0.15) is 29.2 Å². The minimum atomic E-state index is -0.356. The highest BCUT2D eigenvalue weighted by molar-refractivity contribution is 7.16. The van der Waals surface area contributed by atoms with Crippen molar-refractivity contribution in [2.45, 2.75) is 40.7 Å². The fourth-order valence-electron chi connectivity index (χ4n) is 3.44. The standard InChI is InChI=1S/C23H26N2O4S/c1-6-29-21(27)13-25-18-11-15(3)9-16(4)22(18)30-23(25)24-20(26)12-17-10-14(2)7-8-19(17)28-5/h7-11H,6,12-13H2,1-5H3. The van der Waals surface area contributed by atoms with E-state index in [2.05, 4.69) is 11.1 Å². The summed E-state index contributed by atoms with van der Waals surface area (Å²) >= 11 is 1.41. The van der Waals surface area contributed by atoms with Crippen molar-refractivity contribution >= 4 is 33.4 Å². The molecule has 0 aliphatic carbocycles. The largest absolute Gasteiger partial charge is 0.496 e. The minimum absolute atomic E-state index is 0.0105. The molecule has 2 aromatic carbocycles. The maximum atomic E-state index is 12.8. The van der Waals surface area contributed by atoms with Crippen LogP contribution in [0.2, 0.25) is 0 Å². The van der Waals surface area contributed by atoms with Crippen molar-refractivity contribution in [3.63, 3.8) is 0 Å². The molecule has 0 saturated carbocycles. The first-order valence-corrected chi connectivity index (χ1v) is 10.6. The van der Waals surface area contributed by atoms with E-state index in [4.69, 9.17) is 9.47 Å². The number of rotatable bonds is 6. The Labute approximate surface area is 179 Å². The summed E-state index contributed by atoms with van der Waals surface area (Å²) in [6.07, 6.45) is 0.122. The molecule has 1 heterocycles. The van der Waals surface area contributed by atoms with Gasteiger partial charge >= 0.3 is 5.97 Å². The summed E-state index contributed by atoms with van der Waals surface area (Å²) in [7, 11) is 1.58. The molecule has 0 aliphatic heterocycles. The van der Waals surface area contributed by atoms with E-state index in [9.17, 15) is 9.59 Å². The molecule has 0 fully saturated rings. The number of hydrogen-bond acceptors (Lipinski definition) is 5. The molecular weight excluding hydrogens is 400 g/mol. The monoisotopic (exact) mass is 426 g/mol. The molecule has 0 aliphatic rings. The van der Waals surface area contributed by atoms with Gasteiger partial charge in [0.15, 0.2) is 4.80 Å². The van der Waals surface area contributed by atoms with E-state index >= 15 is 0 Å². The van der Waals surface area contributed by atoms with Crippen LogP contribution < -0.4 is 9.54 Å². The molecule has 0 radical (unpaired) electrons. The van der Waals surface area contributed by atoms with Gasteiger partial charge in [0.25, 0.3) is 5.91 Å². The van der Waals surface area contributed by atoms with Gasteiger partial charge in [-0.2, -0.15) is 4.99 Å². The van der Waals surface area contributed by atoms with Crippen molar-refractivity contribution in [1.29, 1.82) is 0 Å². The number of hydrogen-bond donors (Lipinski definition) is 0. The summed E-state index contributed by atoms with van der Waals surface area (Å²) < 4.78 is 13.3. The van der Waals surface area contributed by atoms with Crippen LogP contribution in [0.5, 0.6) is 5.75 Å². The Hall–Kier alpha value is -2.93. The van der Waals surface area contributed by atoms with Crippen molar-refractivity contribution in [3.05, 3.63) is 57.4 Å². The van der Waals surface area contributed by atoms with Gasteiger partial charge in [0.1, 0.15) is 12.3 Å². The Morgan fingerprint density at radius 1 is 1.10 bits per heavy atom. The van der Waals surface area contributed by atoms with E-state index in [-0.39, 0.29) is 24.8 Å². The zero-order valence-electron chi connectivity index (χ0n) is 17.9. The maximum Gasteiger partial charge on any atom is 0.326 e. The number of carbonyl (C=O) groups is 2. The Morgan fingerprint density at radius 2 is 1.87 bits per heavy atom. The second-order valence-electron chi connectivity index (χ2n) is 7.20. The van der Waals surface area contributed by atoms with E-state index in [1.54, 1.807) is 18.6 Å². The number of amides is 1. The average molecular weight is 427 g/mol. The first-order valence-electron chi connectivity index (χ1n) is 9.79.